The van der Waals surface area contributed by atoms with Gasteiger partial charge in [-0.05, 0) is 55.3 Å². The Morgan fingerprint density at radius 2 is 1.75 bits per heavy atom. The van der Waals surface area contributed by atoms with E-state index >= 15 is 0 Å². The van der Waals surface area contributed by atoms with Crippen LogP contribution in [0.5, 0.6) is 0 Å². The molecule has 0 radical (unpaired) electrons. The summed E-state index contributed by atoms with van der Waals surface area (Å²) in [5, 5.41) is 6.47. The molecule has 4 aromatic rings. The van der Waals surface area contributed by atoms with Crippen molar-refractivity contribution in [3.05, 3.63) is 83.1 Å². The first-order valence-corrected chi connectivity index (χ1v) is 9.74. The van der Waals surface area contributed by atoms with Crippen molar-refractivity contribution in [1.29, 1.82) is 0 Å². The average molecular weight is 391 g/mol. The van der Waals surface area contributed by atoms with Gasteiger partial charge in [-0.2, -0.15) is 0 Å². The summed E-state index contributed by atoms with van der Waals surface area (Å²) in [5.74, 6) is 0. The maximum Gasteiger partial charge on any atom is 0.0720 e. The number of rotatable bonds is 5. The van der Waals surface area contributed by atoms with Crippen molar-refractivity contribution >= 4 is 33.4 Å². The summed E-state index contributed by atoms with van der Waals surface area (Å²) >= 11 is 6.12. The Labute approximate surface area is 169 Å². The number of para-hydroxylation sites is 1. The fourth-order valence-electron chi connectivity index (χ4n) is 3.61. The van der Waals surface area contributed by atoms with Crippen molar-refractivity contribution in [2.45, 2.75) is 32.0 Å². The molecule has 2 heterocycles. The molecule has 3 N–H and O–H groups in total. The van der Waals surface area contributed by atoms with Gasteiger partial charge in [0, 0.05) is 40.8 Å². The molecule has 0 spiro atoms. The van der Waals surface area contributed by atoms with Crippen molar-refractivity contribution in [3.8, 4) is 0 Å². The summed E-state index contributed by atoms with van der Waals surface area (Å²) in [6, 6.07) is 18.0. The molecule has 2 aromatic carbocycles. The summed E-state index contributed by atoms with van der Waals surface area (Å²) in [4.78, 5) is 8.87. The second-order valence-electron chi connectivity index (χ2n) is 7.39. The topological polar surface area (TPSA) is 63.8 Å². The largest absolute Gasteiger partial charge is 0.320 e. The molecular weight excluding hydrogens is 368 g/mol. The second-order valence-corrected chi connectivity index (χ2v) is 7.83. The van der Waals surface area contributed by atoms with Crippen LogP contribution in [0.15, 0.2) is 67.0 Å². The zero-order valence-electron chi connectivity index (χ0n) is 16.0. The van der Waals surface area contributed by atoms with Gasteiger partial charge in [0.05, 0.1) is 16.6 Å². The lowest BCUT2D eigenvalue weighted by molar-refractivity contribution is 0.345. The SMILES string of the molecule is CC(NCc1ccnc2ccccc12)C(C)(N)c1ccnc2cc(Cl)ccc12. The van der Waals surface area contributed by atoms with Crippen LogP contribution in [0.3, 0.4) is 0 Å². The average Bonchev–Trinajstić information content (AvgIpc) is 2.71. The van der Waals surface area contributed by atoms with Crippen LogP contribution < -0.4 is 11.1 Å². The summed E-state index contributed by atoms with van der Waals surface area (Å²) in [5.41, 5.74) is 10.4. The minimum atomic E-state index is -0.585. The third kappa shape index (κ3) is 3.47. The van der Waals surface area contributed by atoms with Crippen LogP contribution in [-0.2, 0) is 12.1 Å². The predicted molar refractivity (Wildman–Crippen MR) is 116 cm³/mol. The monoisotopic (exact) mass is 390 g/mol. The van der Waals surface area contributed by atoms with E-state index in [1.54, 1.807) is 6.20 Å². The van der Waals surface area contributed by atoms with Gasteiger partial charge in [-0.15, -0.1) is 0 Å². The van der Waals surface area contributed by atoms with Crippen molar-refractivity contribution in [2.24, 2.45) is 5.73 Å². The first-order valence-electron chi connectivity index (χ1n) is 9.36. The Kier molecular flexibility index (Phi) is 5.02. The van der Waals surface area contributed by atoms with Gasteiger partial charge in [-0.1, -0.05) is 35.9 Å². The highest BCUT2D eigenvalue weighted by atomic mass is 35.5. The fraction of sp³-hybridized carbons (Fsp3) is 0.217. The normalized spacial score (nSPS) is 14.9. The Morgan fingerprint density at radius 3 is 2.61 bits per heavy atom. The second kappa shape index (κ2) is 7.47. The smallest absolute Gasteiger partial charge is 0.0720 e. The van der Waals surface area contributed by atoms with Crippen LogP contribution in [-0.4, -0.2) is 16.0 Å². The minimum absolute atomic E-state index is 0.0284. The molecular formula is C23H23ClN4. The van der Waals surface area contributed by atoms with Crippen LogP contribution in [0, 0.1) is 0 Å². The number of nitrogens with two attached hydrogens (primary N) is 1. The quantitative estimate of drug-likeness (QED) is 0.514. The van der Waals surface area contributed by atoms with E-state index in [0.29, 0.717) is 11.6 Å². The standard InChI is InChI=1S/C23H23ClN4/c1-15(28-14-16-9-11-26-21-6-4-3-5-18(16)21)23(2,25)20-10-12-27-22-13-17(24)7-8-19(20)22/h3-13,15,28H,14,25H2,1-2H3. The Bertz CT molecular complexity index is 1130. The van der Waals surface area contributed by atoms with Gasteiger partial charge < -0.3 is 11.1 Å². The van der Waals surface area contributed by atoms with E-state index in [2.05, 4.69) is 41.3 Å². The fourth-order valence-corrected chi connectivity index (χ4v) is 3.77. The summed E-state index contributed by atoms with van der Waals surface area (Å²) in [7, 11) is 0. The maximum absolute atomic E-state index is 6.83. The van der Waals surface area contributed by atoms with Crippen molar-refractivity contribution in [1.82, 2.24) is 15.3 Å². The molecule has 0 amide bonds. The Balaban J connectivity index is 1.61. The molecule has 2 unspecified atom stereocenters. The van der Waals surface area contributed by atoms with Crippen LogP contribution >= 0.6 is 11.6 Å². The zero-order valence-corrected chi connectivity index (χ0v) is 16.7. The molecule has 142 valence electrons. The first-order chi connectivity index (χ1) is 13.5. The molecule has 5 heteroatoms. The van der Waals surface area contributed by atoms with E-state index in [9.17, 15) is 0 Å². The highest BCUT2D eigenvalue weighted by Gasteiger charge is 2.30. The van der Waals surface area contributed by atoms with E-state index in [-0.39, 0.29) is 6.04 Å². The maximum atomic E-state index is 6.83. The first kappa shape index (κ1) is 18.8. The lowest BCUT2D eigenvalue weighted by Crippen LogP contribution is -2.50. The van der Waals surface area contributed by atoms with E-state index in [4.69, 9.17) is 17.3 Å². The summed E-state index contributed by atoms with van der Waals surface area (Å²) in [6.07, 6.45) is 3.65. The Morgan fingerprint density at radius 1 is 1.00 bits per heavy atom. The van der Waals surface area contributed by atoms with E-state index in [0.717, 1.165) is 27.4 Å². The van der Waals surface area contributed by atoms with Crippen LogP contribution in [0.4, 0.5) is 0 Å². The number of hydrogen-bond acceptors (Lipinski definition) is 4. The highest BCUT2D eigenvalue weighted by Crippen LogP contribution is 2.30. The molecule has 4 nitrogen and oxygen atoms in total. The van der Waals surface area contributed by atoms with Gasteiger partial charge >= 0.3 is 0 Å². The minimum Gasteiger partial charge on any atom is -0.320 e. The molecule has 2 aromatic heterocycles. The van der Waals surface area contributed by atoms with Gasteiger partial charge in [0.2, 0.25) is 0 Å². The summed E-state index contributed by atoms with van der Waals surface area (Å²) in [6.45, 7) is 4.89. The van der Waals surface area contributed by atoms with Crippen LogP contribution in [0.2, 0.25) is 5.02 Å². The van der Waals surface area contributed by atoms with E-state index in [1.165, 1.54) is 5.56 Å². The lowest BCUT2D eigenvalue weighted by atomic mass is 9.84. The van der Waals surface area contributed by atoms with Crippen LogP contribution in [0.25, 0.3) is 21.8 Å². The molecule has 0 saturated heterocycles. The third-order valence-electron chi connectivity index (χ3n) is 5.52. The molecule has 2 atom stereocenters. The van der Waals surface area contributed by atoms with Crippen LogP contribution in [0.1, 0.15) is 25.0 Å². The molecule has 0 aliphatic heterocycles. The number of fused-ring (bicyclic) bond motifs is 2. The van der Waals surface area contributed by atoms with Crippen molar-refractivity contribution < 1.29 is 0 Å². The van der Waals surface area contributed by atoms with Gasteiger partial charge in [0.1, 0.15) is 0 Å². The van der Waals surface area contributed by atoms with Gasteiger partial charge in [-0.3, -0.25) is 9.97 Å². The molecule has 0 aliphatic rings. The predicted octanol–water partition coefficient (Wildman–Crippen LogP) is 4.79. The molecule has 4 rings (SSSR count). The lowest BCUT2D eigenvalue weighted by Gasteiger charge is -2.34. The number of benzene rings is 2. The Hall–Kier alpha value is -2.53. The van der Waals surface area contributed by atoms with Crippen molar-refractivity contribution in [2.75, 3.05) is 0 Å². The summed E-state index contributed by atoms with van der Waals surface area (Å²) < 4.78 is 0. The van der Waals surface area contributed by atoms with E-state index in [1.807, 2.05) is 48.7 Å². The number of halogens is 1. The molecule has 0 fully saturated rings. The van der Waals surface area contributed by atoms with Crippen molar-refractivity contribution in [3.63, 3.8) is 0 Å². The number of nitrogens with one attached hydrogen (secondary N) is 1. The molecule has 0 bridgehead atoms. The zero-order chi connectivity index (χ0) is 19.7. The number of nitrogens with zero attached hydrogens (tertiary/aromatic N) is 2. The van der Waals surface area contributed by atoms with Gasteiger partial charge in [0.25, 0.3) is 0 Å². The molecule has 28 heavy (non-hydrogen) atoms. The molecule has 0 saturated carbocycles. The van der Waals surface area contributed by atoms with E-state index < -0.39 is 5.54 Å². The highest BCUT2D eigenvalue weighted by molar-refractivity contribution is 6.31. The number of aromatic nitrogens is 2. The number of hydrogen-bond donors (Lipinski definition) is 2. The number of pyridine rings is 2. The van der Waals surface area contributed by atoms with Gasteiger partial charge in [0.15, 0.2) is 0 Å². The third-order valence-corrected chi connectivity index (χ3v) is 5.76. The molecule has 0 aliphatic carbocycles. The van der Waals surface area contributed by atoms with Gasteiger partial charge in [-0.25, -0.2) is 0 Å².